The molecule has 0 atom stereocenters. The van der Waals surface area contributed by atoms with Gasteiger partial charge in [0.25, 0.3) is 0 Å². The number of ether oxygens (including phenoxy) is 13. The molecule has 0 rings (SSSR count). The van der Waals surface area contributed by atoms with E-state index in [1.165, 1.54) is 83.5 Å². The highest BCUT2D eigenvalue weighted by Gasteiger charge is 1.98. The lowest BCUT2D eigenvalue weighted by Crippen LogP contribution is -2.15. The van der Waals surface area contributed by atoms with Gasteiger partial charge in [0.15, 0.2) is 0 Å². The molecule has 0 amide bonds. The average molecular weight is 785 g/mol. The minimum Gasteiger partial charge on any atom is -0.382 e. The Morgan fingerprint density at radius 1 is 0.185 bits per heavy atom. The van der Waals surface area contributed by atoms with E-state index in [0.717, 1.165) is 13.0 Å². The SMILES string of the molecule is CCCCCCCCCCCCCCCCOCCOCCOCCOCCOCCOCCOCCOCCOCCOCCOCCOCCOC. The van der Waals surface area contributed by atoms with E-state index in [2.05, 4.69) is 6.92 Å². The third kappa shape index (κ3) is 51.5. The van der Waals surface area contributed by atoms with Gasteiger partial charge >= 0.3 is 0 Å². The molecule has 0 aliphatic carbocycles. The summed E-state index contributed by atoms with van der Waals surface area (Å²) in [4.78, 5) is 0. The van der Waals surface area contributed by atoms with Crippen LogP contribution in [0.3, 0.4) is 0 Å². The molecule has 0 heterocycles. The number of hydrogen-bond donors (Lipinski definition) is 0. The van der Waals surface area contributed by atoms with Gasteiger partial charge in [-0.2, -0.15) is 0 Å². The van der Waals surface area contributed by atoms with Crippen molar-refractivity contribution < 1.29 is 61.6 Å². The van der Waals surface area contributed by atoms with Crippen molar-refractivity contribution in [1.29, 1.82) is 0 Å². The maximum atomic E-state index is 5.69. The van der Waals surface area contributed by atoms with Crippen molar-refractivity contribution in [2.75, 3.05) is 172 Å². The van der Waals surface area contributed by atoms with Gasteiger partial charge in [0.2, 0.25) is 0 Å². The summed E-state index contributed by atoms with van der Waals surface area (Å²) in [6.45, 7) is 16.2. The first kappa shape index (κ1) is 53.5. The Hall–Kier alpha value is -0.520. The second-order valence-corrected chi connectivity index (χ2v) is 12.9. The minimum atomic E-state index is 0.517. The lowest BCUT2D eigenvalue weighted by molar-refractivity contribution is -0.0287. The molecule has 0 spiro atoms. The van der Waals surface area contributed by atoms with Gasteiger partial charge in [-0.3, -0.25) is 0 Å². The Morgan fingerprint density at radius 3 is 0.556 bits per heavy atom. The van der Waals surface area contributed by atoms with Gasteiger partial charge in [0.05, 0.1) is 159 Å². The second-order valence-electron chi connectivity index (χ2n) is 12.9. The highest BCUT2D eigenvalue weighted by molar-refractivity contribution is 4.49. The largest absolute Gasteiger partial charge is 0.382 e. The number of hydrogen-bond acceptors (Lipinski definition) is 13. The molecule has 0 unspecified atom stereocenters. The zero-order chi connectivity index (χ0) is 38.8. The minimum absolute atomic E-state index is 0.517. The molecular weight excluding hydrogens is 700 g/mol. The van der Waals surface area contributed by atoms with Crippen LogP contribution in [0.5, 0.6) is 0 Å². The maximum Gasteiger partial charge on any atom is 0.0701 e. The summed E-state index contributed by atoms with van der Waals surface area (Å²) in [6.07, 6.45) is 19.3. The van der Waals surface area contributed by atoms with E-state index in [9.17, 15) is 0 Å². The summed E-state index contributed by atoms with van der Waals surface area (Å²) in [6, 6.07) is 0. The average Bonchev–Trinajstić information content (AvgIpc) is 3.18. The highest BCUT2D eigenvalue weighted by atomic mass is 16.6. The molecule has 0 saturated heterocycles. The van der Waals surface area contributed by atoms with Gasteiger partial charge in [-0.1, -0.05) is 90.4 Å². The van der Waals surface area contributed by atoms with Crippen molar-refractivity contribution in [2.45, 2.75) is 96.8 Å². The van der Waals surface area contributed by atoms with Crippen molar-refractivity contribution in [3.63, 3.8) is 0 Å². The lowest BCUT2D eigenvalue weighted by atomic mass is 10.0. The standard InChI is InChI=1S/C41H84O13/c1-3-4-5-6-7-8-9-10-11-12-13-14-15-16-17-43-20-21-45-24-25-47-28-29-49-32-33-51-36-37-53-40-41-54-39-38-52-35-34-50-31-30-48-27-26-46-23-22-44-19-18-42-2/h3-41H2,1-2H3. The summed E-state index contributed by atoms with van der Waals surface area (Å²) in [7, 11) is 1.65. The molecule has 13 nitrogen and oxygen atoms in total. The fraction of sp³-hybridized carbons (Fsp3) is 1.00. The Kier molecular flexibility index (Phi) is 52.0. The Labute approximate surface area is 330 Å². The van der Waals surface area contributed by atoms with Crippen LogP contribution in [0.25, 0.3) is 0 Å². The molecule has 0 saturated carbocycles. The summed E-state index contributed by atoms with van der Waals surface area (Å²) >= 11 is 0. The zero-order valence-corrected chi connectivity index (χ0v) is 34.9. The van der Waals surface area contributed by atoms with Crippen LogP contribution >= 0.6 is 0 Å². The molecule has 0 aromatic rings. The van der Waals surface area contributed by atoms with Gasteiger partial charge in [-0.25, -0.2) is 0 Å². The summed E-state index contributed by atoms with van der Waals surface area (Å²) < 4.78 is 70.9. The van der Waals surface area contributed by atoms with Crippen molar-refractivity contribution in [1.82, 2.24) is 0 Å². The number of rotatable bonds is 51. The summed E-state index contributed by atoms with van der Waals surface area (Å²) in [5.41, 5.74) is 0. The summed E-state index contributed by atoms with van der Waals surface area (Å²) in [5, 5.41) is 0. The molecule has 0 aliphatic rings. The summed E-state index contributed by atoms with van der Waals surface area (Å²) in [5.74, 6) is 0. The van der Waals surface area contributed by atoms with E-state index >= 15 is 0 Å². The monoisotopic (exact) mass is 785 g/mol. The van der Waals surface area contributed by atoms with Crippen LogP contribution in [-0.4, -0.2) is 172 Å². The third-order valence-corrected chi connectivity index (χ3v) is 8.17. The Morgan fingerprint density at radius 2 is 0.352 bits per heavy atom. The Bertz CT molecular complexity index is 584. The first-order chi connectivity index (χ1) is 26.9. The van der Waals surface area contributed by atoms with Crippen LogP contribution < -0.4 is 0 Å². The topological polar surface area (TPSA) is 120 Å². The van der Waals surface area contributed by atoms with Crippen molar-refractivity contribution >= 4 is 0 Å². The smallest absolute Gasteiger partial charge is 0.0701 e. The molecule has 0 bridgehead atoms. The van der Waals surface area contributed by atoms with Gasteiger partial charge in [0.1, 0.15) is 0 Å². The van der Waals surface area contributed by atoms with Gasteiger partial charge < -0.3 is 61.6 Å². The highest BCUT2D eigenvalue weighted by Crippen LogP contribution is 2.13. The maximum absolute atomic E-state index is 5.69. The Balaban J connectivity index is 3.05. The van der Waals surface area contributed by atoms with Crippen LogP contribution in [0.4, 0.5) is 0 Å². The van der Waals surface area contributed by atoms with Gasteiger partial charge in [0, 0.05) is 13.7 Å². The van der Waals surface area contributed by atoms with Crippen LogP contribution in [-0.2, 0) is 61.6 Å². The van der Waals surface area contributed by atoms with Crippen LogP contribution in [0.2, 0.25) is 0 Å². The van der Waals surface area contributed by atoms with E-state index < -0.39 is 0 Å². The molecule has 0 radical (unpaired) electrons. The predicted octanol–water partition coefficient (Wildman–Crippen LogP) is 6.31. The first-order valence-electron chi connectivity index (χ1n) is 21.3. The molecule has 0 aromatic heterocycles. The third-order valence-electron chi connectivity index (χ3n) is 8.17. The van der Waals surface area contributed by atoms with E-state index in [4.69, 9.17) is 61.6 Å². The lowest BCUT2D eigenvalue weighted by Gasteiger charge is -2.09. The molecule has 13 heteroatoms. The van der Waals surface area contributed by atoms with Crippen LogP contribution in [0, 0.1) is 0 Å². The first-order valence-corrected chi connectivity index (χ1v) is 21.3. The van der Waals surface area contributed by atoms with Gasteiger partial charge in [-0.15, -0.1) is 0 Å². The van der Waals surface area contributed by atoms with E-state index in [1.807, 2.05) is 0 Å². The molecule has 326 valence electrons. The van der Waals surface area contributed by atoms with Crippen molar-refractivity contribution in [2.24, 2.45) is 0 Å². The molecule has 0 fully saturated rings. The predicted molar refractivity (Wildman–Crippen MR) is 212 cm³/mol. The second kappa shape index (κ2) is 52.5. The van der Waals surface area contributed by atoms with Gasteiger partial charge in [-0.05, 0) is 6.42 Å². The quantitative estimate of drug-likeness (QED) is 0.0642. The normalized spacial score (nSPS) is 11.7. The number of methoxy groups -OCH3 is 1. The zero-order valence-electron chi connectivity index (χ0n) is 34.9. The van der Waals surface area contributed by atoms with Crippen LogP contribution in [0.1, 0.15) is 96.8 Å². The fourth-order valence-electron chi connectivity index (χ4n) is 5.06. The van der Waals surface area contributed by atoms with E-state index in [1.54, 1.807) is 7.11 Å². The fourth-order valence-corrected chi connectivity index (χ4v) is 5.06. The van der Waals surface area contributed by atoms with Crippen molar-refractivity contribution in [3.8, 4) is 0 Å². The van der Waals surface area contributed by atoms with E-state index in [0.29, 0.717) is 159 Å². The molecule has 0 aromatic carbocycles. The van der Waals surface area contributed by atoms with Crippen molar-refractivity contribution in [3.05, 3.63) is 0 Å². The molecule has 0 aliphatic heterocycles. The molecule has 54 heavy (non-hydrogen) atoms. The van der Waals surface area contributed by atoms with Crippen LogP contribution in [0.15, 0.2) is 0 Å². The molecule has 0 N–H and O–H groups in total. The number of unbranched alkanes of at least 4 members (excludes halogenated alkanes) is 13. The van der Waals surface area contributed by atoms with E-state index in [-0.39, 0.29) is 0 Å². The molecular formula is C41H84O13.